The van der Waals surface area contributed by atoms with Gasteiger partial charge in [0.05, 0.1) is 40.2 Å². The molecule has 1 aromatic carbocycles. The van der Waals surface area contributed by atoms with Gasteiger partial charge < -0.3 is 0 Å². The van der Waals surface area contributed by atoms with Gasteiger partial charge in [-0.3, -0.25) is 4.68 Å². The number of aromatic nitrogens is 3. The highest BCUT2D eigenvalue weighted by molar-refractivity contribution is 7.88. The number of nitrogens with zero attached hydrogens (tertiary/aromatic N) is 5. The molecular weight excluding hydrogens is 370 g/mol. The molecule has 2 aromatic heterocycles. The summed E-state index contributed by atoms with van der Waals surface area (Å²) in [5.41, 5.74) is 2.34. The Hall–Kier alpha value is -2.28. The number of nitriles is 1. The Morgan fingerprint density at radius 2 is 2.15 bits per heavy atom. The standard InChI is InChI=1S/C17H17N5O2S2/c1-12-20-15-5-3-4-14(16(15)25-12)13-8-19-22(9-13)17(6-7-18)10-21(11-17)26(2,23)24/h3-5,8-9H,6,10-11H2,1-2H3. The van der Waals surface area contributed by atoms with E-state index in [9.17, 15) is 13.7 Å². The topological polar surface area (TPSA) is 91.9 Å². The number of thiazole rings is 1. The first-order chi connectivity index (χ1) is 12.3. The molecule has 0 amide bonds. The van der Waals surface area contributed by atoms with Gasteiger partial charge in [0.25, 0.3) is 0 Å². The number of aryl methyl sites for hydroxylation is 1. The minimum atomic E-state index is -3.26. The van der Waals surface area contributed by atoms with Crippen LogP contribution in [0.25, 0.3) is 21.3 Å². The summed E-state index contributed by atoms with van der Waals surface area (Å²) < 4.78 is 27.7. The number of hydrogen-bond donors (Lipinski definition) is 0. The van der Waals surface area contributed by atoms with Crippen molar-refractivity contribution < 1.29 is 8.42 Å². The summed E-state index contributed by atoms with van der Waals surface area (Å²) in [6.45, 7) is 2.52. The van der Waals surface area contributed by atoms with Crippen molar-refractivity contribution in [2.24, 2.45) is 0 Å². The van der Waals surface area contributed by atoms with Crippen LogP contribution in [0.15, 0.2) is 30.6 Å². The molecule has 0 saturated carbocycles. The Kier molecular flexibility index (Phi) is 3.87. The molecule has 3 heterocycles. The van der Waals surface area contributed by atoms with Crippen molar-refractivity contribution in [1.29, 1.82) is 5.26 Å². The van der Waals surface area contributed by atoms with E-state index in [0.717, 1.165) is 26.4 Å². The molecular formula is C17H17N5O2S2. The molecule has 0 bridgehead atoms. The lowest BCUT2D eigenvalue weighted by Gasteiger charge is -2.47. The van der Waals surface area contributed by atoms with E-state index in [1.54, 1.807) is 22.2 Å². The van der Waals surface area contributed by atoms with E-state index in [2.05, 4.69) is 16.2 Å². The molecule has 0 N–H and O–H groups in total. The summed E-state index contributed by atoms with van der Waals surface area (Å²) in [5.74, 6) is 0. The van der Waals surface area contributed by atoms with Crippen LogP contribution in [0.1, 0.15) is 11.4 Å². The molecule has 1 fully saturated rings. The first-order valence-electron chi connectivity index (χ1n) is 8.06. The van der Waals surface area contributed by atoms with Crippen LogP contribution >= 0.6 is 11.3 Å². The highest BCUT2D eigenvalue weighted by Crippen LogP contribution is 2.37. The van der Waals surface area contributed by atoms with Crippen LogP contribution in [0.5, 0.6) is 0 Å². The van der Waals surface area contributed by atoms with Crippen LogP contribution in [-0.2, 0) is 15.6 Å². The van der Waals surface area contributed by atoms with Crippen molar-refractivity contribution in [3.05, 3.63) is 35.6 Å². The van der Waals surface area contributed by atoms with E-state index >= 15 is 0 Å². The number of rotatable bonds is 4. The molecule has 1 aliphatic rings. The maximum Gasteiger partial charge on any atom is 0.211 e. The predicted molar refractivity (Wildman–Crippen MR) is 100 cm³/mol. The molecule has 0 unspecified atom stereocenters. The fourth-order valence-corrected chi connectivity index (χ4v) is 5.24. The van der Waals surface area contributed by atoms with Gasteiger partial charge in [0, 0.05) is 30.4 Å². The number of fused-ring (bicyclic) bond motifs is 1. The van der Waals surface area contributed by atoms with Gasteiger partial charge in [0.2, 0.25) is 10.0 Å². The van der Waals surface area contributed by atoms with Gasteiger partial charge >= 0.3 is 0 Å². The van der Waals surface area contributed by atoms with E-state index in [1.165, 1.54) is 10.6 Å². The van der Waals surface area contributed by atoms with Crippen LogP contribution in [-0.4, -0.2) is 46.8 Å². The van der Waals surface area contributed by atoms with E-state index in [0.29, 0.717) is 0 Å². The Bertz CT molecular complexity index is 1130. The molecule has 0 aliphatic carbocycles. The van der Waals surface area contributed by atoms with Gasteiger partial charge in [-0.05, 0) is 13.0 Å². The van der Waals surface area contributed by atoms with E-state index in [-0.39, 0.29) is 19.5 Å². The summed E-state index contributed by atoms with van der Waals surface area (Å²) in [6, 6.07) is 8.15. The summed E-state index contributed by atoms with van der Waals surface area (Å²) in [7, 11) is -3.26. The van der Waals surface area contributed by atoms with Gasteiger partial charge in [-0.1, -0.05) is 12.1 Å². The summed E-state index contributed by atoms with van der Waals surface area (Å²) in [5, 5.41) is 14.7. The van der Waals surface area contributed by atoms with Gasteiger partial charge in [-0.2, -0.15) is 14.7 Å². The fraction of sp³-hybridized carbons (Fsp3) is 0.353. The Morgan fingerprint density at radius 1 is 1.38 bits per heavy atom. The molecule has 1 saturated heterocycles. The van der Waals surface area contributed by atoms with Crippen LogP contribution < -0.4 is 0 Å². The highest BCUT2D eigenvalue weighted by Gasteiger charge is 2.49. The summed E-state index contributed by atoms with van der Waals surface area (Å²) in [4.78, 5) is 4.52. The average molecular weight is 387 g/mol. The lowest BCUT2D eigenvalue weighted by Crippen LogP contribution is -2.63. The zero-order valence-electron chi connectivity index (χ0n) is 14.4. The number of hydrogen-bond acceptors (Lipinski definition) is 6. The second-order valence-electron chi connectivity index (χ2n) is 6.65. The first-order valence-corrected chi connectivity index (χ1v) is 10.7. The number of benzene rings is 1. The molecule has 1 aliphatic heterocycles. The Balaban J connectivity index is 1.72. The largest absolute Gasteiger partial charge is 0.262 e. The van der Waals surface area contributed by atoms with Crippen LogP contribution in [0.4, 0.5) is 0 Å². The number of sulfonamides is 1. The van der Waals surface area contributed by atoms with E-state index < -0.39 is 15.6 Å². The average Bonchev–Trinajstić information content (AvgIpc) is 3.14. The molecule has 4 rings (SSSR count). The normalized spacial score (nSPS) is 17.1. The third-order valence-corrected chi connectivity index (χ3v) is 6.94. The first kappa shape index (κ1) is 17.1. The van der Waals surface area contributed by atoms with E-state index in [4.69, 9.17) is 0 Å². The van der Waals surface area contributed by atoms with Crippen molar-refractivity contribution in [2.75, 3.05) is 19.3 Å². The molecule has 0 spiro atoms. The molecule has 134 valence electrons. The minimum Gasteiger partial charge on any atom is -0.262 e. The fourth-order valence-electron chi connectivity index (χ4n) is 3.34. The molecule has 0 radical (unpaired) electrons. The second-order valence-corrected chi connectivity index (χ2v) is 9.84. The molecule has 26 heavy (non-hydrogen) atoms. The second kappa shape index (κ2) is 5.87. The van der Waals surface area contributed by atoms with Gasteiger partial charge in [0.15, 0.2) is 0 Å². The third-order valence-electron chi connectivity index (χ3n) is 4.72. The predicted octanol–water partition coefficient (Wildman–Crippen LogP) is 2.35. The lowest BCUT2D eigenvalue weighted by molar-refractivity contribution is 0.0724. The van der Waals surface area contributed by atoms with Crippen molar-refractivity contribution in [1.82, 2.24) is 19.1 Å². The van der Waals surface area contributed by atoms with Crippen LogP contribution in [0, 0.1) is 18.3 Å². The van der Waals surface area contributed by atoms with Gasteiger partial charge in [-0.25, -0.2) is 13.4 Å². The molecule has 3 aromatic rings. The van der Waals surface area contributed by atoms with Gasteiger partial charge in [0.1, 0.15) is 5.54 Å². The lowest BCUT2D eigenvalue weighted by atomic mass is 9.89. The Morgan fingerprint density at radius 3 is 2.85 bits per heavy atom. The van der Waals surface area contributed by atoms with Crippen molar-refractivity contribution in [3.63, 3.8) is 0 Å². The zero-order valence-corrected chi connectivity index (χ0v) is 16.0. The molecule has 7 nitrogen and oxygen atoms in total. The van der Waals surface area contributed by atoms with Gasteiger partial charge in [-0.15, -0.1) is 11.3 Å². The minimum absolute atomic E-state index is 0.212. The van der Waals surface area contributed by atoms with Crippen LogP contribution in [0.3, 0.4) is 0 Å². The monoisotopic (exact) mass is 387 g/mol. The van der Waals surface area contributed by atoms with Crippen molar-refractivity contribution in [3.8, 4) is 17.2 Å². The zero-order chi connectivity index (χ0) is 18.5. The van der Waals surface area contributed by atoms with Crippen LogP contribution in [0.2, 0.25) is 0 Å². The third kappa shape index (κ3) is 2.70. The van der Waals surface area contributed by atoms with Crippen molar-refractivity contribution >= 4 is 31.6 Å². The smallest absolute Gasteiger partial charge is 0.211 e. The Labute approximate surface area is 155 Å². The highest BCUT2D eigenvalue weighted by atomic mass is 32.2. The molecule has 0 atom stereocenters. The maximum atomic E-state index is 11.7. The van der Waals surface area contributed by atoms with E-state index in [1.807, 2.05) is 31.3 Å². The van der Waals surface area contributed by atoms with Crippen molar-refractivity contribution in [2.45, 2.75) is 18.9 Å². The summed E-state index contributed by atoms with van der Waals surface area (Å²) >= 11 is 1.64. The quantitative estimate of drug-likeness (QED) is 0.685. The SMILES string of the molecule is Cc1nc2cccc(-c3cnn(C4(CC#N)CN(S(C)(=O)=O)C4)c3)c2s1. The summed E-state index contributed by atoms with van der Waals surface area (Å²) in [6.07, 6.45) is 5.07. The molecule has 9 heteroatoms. The maximum absolute atomic E-state index is 11.7.